The first-order valence-corrected chi connectivity index (χ1v) is 5.84. The van der Waals surface area contributed by atoms with Gasteiger partial charge in [-0.05, 0) is 12.8 Å². The standard InChI is InChI=1S/C10H17N3O5/c1-17-4-5-18-11-9(14)8-3-2-7-6-12(8)10(15)13(7)16/h7-8,16H,2-6H2,1H3,(H,11,14)/t7-,8+/m1/s1. The number of nitrogens with one attached hydrogen (secondary N) is 1. The minimum absolute atomic E-state index is 0.198. The lowest BCUT2D eigenvalue weighted by atomic mass is 10.0. The van der Waals surface area contributed by atoms with Crippen LogP contribution in [0, 0.1) is 0 Å². The summed E-state index contributed by atoms with van der Waals surface area (Å²) >= 11 is 0. The molecule has 0 aromatic rings. The highest BCUT2D eigenvalue weighted by Crippen LogP contribution is 2.28. The highest BCUT2D eigenvalue weighted by molar-refractivity contribution is 5.87. The van der Waals surface area contributed by atoms with E-state index in [9.17, 15) is 14.8 Å². The average molecular weight is 259 g/mol. The van der Waals surface area contributed by atoms with Crippen molar-refractivity contribution < 1.29 is 24.4 Å². The molecule has 2 N–H and O–H groups in total. The molecule has 2 saturated heterocycles. The second-order valence-corrected chi connectivity index (χ2v) is 4.33. The first kappa shape index (κ1) is 13.1. The third kappa shape index (κ3) is 2.40. The fraction of sp³-hybridized carbons (Fsp3) is 0.800. The number of amides is 3. The van der Waals surface area contributed by atoms with Gasteiger partial charge in [-0.15, -0.1) is 0 Å². The number of urea groups is 1. The molecule has 0 saturated carbocycles. The van der Waals surface area contributed by atoms with Gasteiger partial charge in [-0.1, -0.05) is 0 Å². The molecule has 0 aromatic carbocycles. The van der Waals surface area contributed by atoms with Gasteiger partial charge < -0.3 is 9.64 Å². The van der Waals surface area contributed by atoms with E-state index in [0.29, 0.717) is 31.1 Å². The van der Waals surface area contributed by atoms with Gasteiger partial charge in [0.25, 0.3) is 5.91 Å². The highest BCUT2D eigenvalue weighted by Gasteiger charge is 2.46. The molecule has 0 spiro atoms. The summed E-state index contributed by atoms with van der Waals surface area (Å²) in [6.45, 7) is 1.00. The Bertz CT molecular complexity index is 337. The Morgan fingerprint density at radius 1 is 1.50 bits per heavy atom. The number of carbonyl (C=O) groups excluding carboxylic acids is 2. The minimum Gasteiger partial charge on any atom is -0.382 e. The maximum absolute atomic E-state index is 11.8. The third-order valence-corrected chi connectivity index (χ3v) is 3.21. The summed E-state index contributed by atoms with van der Waals surface area (Å²) in [5.74, 6) is -0.367. The Morgan fingerprint density at radius 2 is 2.28 bits per heavy atom. The van der Waals surface area contributed by atoms with Crippen molar-refractivity contribution in [3.63, 3.8) is 0 Å². The molecule has 102 valence electrons. The first-order chi connectivity index (χ1) is 8.65. The molecule has 3 amide bonds. The van der Waals surface area contributed by atoms with Crippen LogP contribution in [-0.2, 0) is 14.4 Å². The molecule has 0 aliphatic carbocycles. The smallest absolute Gasteiger partial charge is 0.344 e. The van der Waals surface area contributed by atoms with Crippen LogP contribution in [0.15, 0.2) is 0 Å². The molecule has 18 heavy (non-hydrogen) atoms. The molecule has 8 nitrogen and oxygen atoms in total. The maximum atomic E-state index is 11.8. The number of ether oxygens (including phenoxy) is 1. The molecule has 0 radical (unpaired) electrons. The van der Waals surface area contributed by atoms with Gasteiger partial charge in [0.1, 0.15) is 6.04 Å². The van der Waals surface area contributed by atoms with Crippen LogP contribution in [-0.4, -0.2) is 66.1 Å². The molecule has 2 aliphatic heterocycles. The summed E-state index contributed by atoms with van der Waals surface area (Å²) < 4.78 is 4.77. The SMILES string of the molecule is COCCONC(=O)[C@@H]1CC[C@@H]2CN1C(=O)N2O. The molecule has 2 rings (SSSR count). The van der Waals surface area contributed by atoms with Crippen LogP contribution in [0.1, 0.15) is 12.8 Å². The van der Waals surface area contributed by atoms with Crippen LogP contribution >= 0.6 is 0 Å². The van der Waals surface area contributed by atoms with Crippen molar-refractivity contribution in [3.05, 3.63) is 0 Å². The second kappa shape index (κ2) is 5.51. The molecule has 0 unspecified atom stereocenters. The Morgan fingerprint density at radius 3 is 3.00 bits per heavy atom. The first-order valence-electron chi connectivity index (χ1n) is 5.84. The van der Waals surface area contributed by atoms with Gasteiger partial charge >= 0.3 is 6.03 Å². The van der Waals surface area contributed by atoms with Gasteiger partial charge in [0.05, 0.1) is 19.3 Å². The number of rotatable bonds is 5. The van der Waals surface area contributed by atoms with Gasteiger partial charge in [-0.25, -0.2) is 15.3 Å². The van der Waals surface area contributed by atoms with E-state index >= 15 is 0 Å². The molecule has 2 heterocycles. The minimum atomic E-state index is -0.576. The van der Waals surface area contributed by atoms with Gasteiger partial charge in [-0.3, -0.25) is 14.8 Å². The topological polar surface area (TPSA) is 91.3 Å². The van der Waals surface area contributed by atoms with E-state index in [1.54, 1.807) is 0 Å². The van der Waals surface area contributed by atoms with Gasteiger partial charge in [-0.2, -0.15) is 0 Å². The fourth-order valence-corrected chi connectivity index (χ4v) is 2.24. The number of piperidine rings is 1. The quantitative estimate of drug-likeness (QED) is 0.388. The van der Waals surface area contributed by atoms with E-state index in [0.717, 1.165) is 0 Å². The lowest BCUT2D eigenvalue weighted by Gasteiger charge is -2.28. The summed E-state index contributed by atoms with van der Waals surface area (Å²) in [4.78, 5) is 29.8. The summed E-state index contributed by atoms with van der Waals surface area (Å²) in [6.07, 6.45) is 1.13. The number of hydroxylamine groups is 3. The zero-order valence-electron chi connectivity index (χ0n) is 10.2. The summed E-state index contributed by atoms with van der Waals surface area (Å²) in [5, 5.41) is 10.2. The average Bonchev–Trinajstić information content (AvgIpc) is 2.60. The molecular weight excluding hydrogens is 242 g/mol. The maximum Gasteiger partial charge on any atom is 0.344 e. The van der Waals surface area contributed by atoms with Crippen molar-refractivity contribution in [1.29, 1.82) is 0 Å². The van der Waals surface area contributed by atoms with Crippen molar-refractivity contribution in [3.8, 4) is 0 Å². The lowest BCUT2D eigenvalue weighted by molar-refractivity contribution is -0.139. The van der Waals surface area contributed by atoms with Crippen molar-refractivity contribution in [2.24, 2.45) is 0 Å². The predicted octanol–water partition coefficient (Wildman–Crippen LogP) is -0.662. The molecule has 8 heteroatoms. The Balaban J connectivity index is 1.85. The van der Waals surface area contributed by atoms with Crippen molar-refractivity contribution in [2.75, 3.05) is 26.9 Å². The lowest BCUT2D eigenvalue weighted by Crippen LogP contribution is -2.49. The van der Waals surface area contributed by atoms with Crippen LogP contribution in [0.25, 0.3) is 0 Å². The molecular formula is C10H17N3O5. The number of methoxy groups -OCH3 is 1. The van der Waals surface area contributed by atoms with E-state index in [1.165, 1.54) is 12.0 Å². The van der Waals surface area contributed by atoms with E-state index in [-0.39, 0.29) is 18.6 Å². The zero-order chi connectivity index (χ0) is 13.1. The molecule has 2 fully saturated rings. The van der Waals surface area contributed by atoms with E-state index in [4.69, 9.17) is 9.57 Å². The summed E-state index contributed by atoms with van der Waals surface area (Å²) in [5.41, 5.74) is 2.29. The van der Waals surface area contributed by atoms with Crippen LogP contribution in [0.2, 0.25) is 0 Å². The van der Waals surface area contributed by atoms with Crippen LogP contribution in [0.4, 0.5) is 4.79 Å². The van der Waals surface area contributed by atoms with Gasteiger partial charge in [0.15, 0.2) is 0 Å². The Hall–Kier alpha value is -1.38. The van der Waals surface area contributed by atoms with E-state index in [2.05, 4.69) is 5.48 Å². The monoisotopic (exact) mass is 259 g/mol. The van der Waals surface area contributed by atoms with E-state index in [1.807, 2.05) is 0 Å². The fourth-order valence-electron chi connectivity index (χ4n) is 2.24. The van der Waals surface area contributed by atoms with Gasteiger partial charge in [0.2, 0.25) is 0 Å². The molecule has 2 bridgehead atoms. The van der Waals surface area contributed by atoms with E-state index < -0.39 is 12.1 Å². The van der Waals surface area contributed by atoms with Crippen molar-refractivity contribution in [2.45, 2.75) is 24.9 Å². The number of hydrogen-bond acceptors (Lipinski definition) is 5. The van der Waals surface area contributed by atoms with Crippen LogP contribution in [0.5, 0.6) is 0 Å². The van der Waals surface area contributed by atoms with Crippen LogP contribution in [0.3, 0.4) is 0 Å². The second-order valence-electron chi connectivity index (χ2n) is 4.33. The molecule has 0 aromatic heterocycles. The Kier molecular flexibility index (Phi) is 4.00. The number of fused-ring (bicyclic) bond motifs is 2. The third-order valence-electron chi connectivity index (χ3n) is 3.21. The van der Waals surface area contributed by atoms with Crippen molar-refractivity contribution in [1.82, 2.24) is 15.4 Å². The number of nitrogens with zero attached hydrogens (tertiary/aromatic N) is 2. The Labute approximate surface area is 104 Å². The highest BCUT2D eigenvalue weighted by atomic mass is 16.7. The molecule has 2 atom stereocenters. The normalized spacial score (nSPS) is 26.7. The van der Waals surface area contributed by atoms with Crippen molar-refractivity contribution >= 4 is 11.9 Å². The number of carbonyl (C=O) groups is 2. The predicted molar refractivity (Wildman–Crippen MR) is 58.5 cm³/mol. The summed E-state index contributed by atoms with van der Waals surface area (Å²) in [6, 6.07) is -1.29. The largest absolute Gasteiger partial charge is 0.382 e. The molecule has 2 aliphatic rings. The zero-order valence-corrected chi connectivity index (χ0v) is 10.2. The summed E-state index contributed by atoms with van der Waals surface area (Å²) in [7, 11) is 1.53. The van der Waals surface area contributed by atoms with Gasteiger partial charge in [0, 0.05) is 13.7 Å². The number of hydrogen-bond donors (Lipinski definition) is 2. The van der Waals surface area contributed by atoms with Crippen LogP contribution < -0.4 is 5.48 Å².